The molecule has 0 aromatic heterocycles. The molecule has 0 bridgehead atoms. The highest BCUT2D eigenvalue weighted by atomic mass is 35.5. The van der Waals surface area contributed by atoms with E-state index in [-0.39, 0.29) is 26.3 Å². The maximum Gasteiger partial charge on any atom is 0.264 e. The van der Waals surface area contributed by atoms with Gasteiger partial charge in [-0.3, -0.25) is 9.10 Å². The summed E-state index contributed by atoms with van der Waals surface area (Å²) >= 11 is 12.2. The molecule has 0 aliphatic heterocycles. The monoisotopic (exact) mass is 478 g/mol. The van der Waals surface area contributed by atoms with Gasteiger partial charge in [0.15, 0.2) is 0 Å². The van der Waals surface area contributed by atoms with E-state index in [1.54, 1.807) is 54.6 Å². The minimum absolute atomic E-state index is 0.0597. The molecule has 31 heavy (non-hydrogen) atoms. The van der Waals surface area contributed by atoms with Crippen molar-refractivity contribution >= 4 is 50.5 Å². The minimum atomic E-state index is -4.05. The molecule has 1 N–H and O–H groups in total. The van der Waals surface area contributed by atoms with E-state index in [1.807, 2.05) is 6.92 Å². The van der Waals surface area contributed by atoms with Crippen molar-refractivity contribution in [2.45, 2.75) is 11.8 Å². The molecule has 0 saturated carbocycles. The molecule has 0 heterocycles. The van der Waals surface area contributed by atoms with Gasteiger partial charge in [-0.2, -0.15) is 0 Å². The first-order chi connectivity index (χ1) is 14.7. The molecular formula is C22H20Cl2N2O4S. The summed E-state index contributed by atoms with van der Waals surface area (Å²) in [5.74, 6) is -0.148. The number of carbonyl (C=O) groups excluding carboxylic acids is 1. The van der Waals surface area contributed by atoms with E-state index in [9.17, 15) is 13.2 Å². The van der Waals surface area contributed by atoms with Gasteiger partial charge in [-0.05, 0) is 43.3 Å². The molecule has 0 aliphatic carbocycles. The SMILES string of the molecule is COc1cccc(N(CC(=O)Nc2c(Cl)cccc2Cl)S(=O)(=O)c2ccc(C)cc2)c1. The molecule has 3 rings (SSSR count). The topological polar surface area (TPSA) is 75.7 Å². The number of nitrogens with zero attached hydrogens (tertiary/aromatic N) is 1. The molecule has 9 heteroatoms. The molecule has 6 nitrogen and oxygen atoms in total. The first kappa shape index (κ1) is 22.9. The van der Waals surface area contributed by atoms with E-state index in [2.05, 4.69) is 5.32 Å². The third-order valence-corrected chi connectivity index (χ3v) is 6.88. The summed E-state index contributed by atoms with van der Waals surface area (Å²) in [6.45, 7) is 1.36. The number of hydrogen-bond donors (Lipinski definition) is 1. The molecule has 0 unspecified atom stereocenters. The Labute approximate surface area is 191 Å². The lowest BCUT2D eigenvalue weighted by molar-refractivity contribution is -0.114. The maximum absolute atomic E-state index is 13.4. The molecule has 162 valence electrons. The van der Waals surface area contributed by atoms with Crippen molar-refractivity contribution in [2.75, 3.05) is 23.3 Å². The van der Waals surface area contributed by atoms with Gasteiger partial charge in [-0.1, -0.05) is 53.0 Å². The highest BCUT2D eigenvalue weighted by Crippen LogP contribution is 2.31. The van der Waals surface area contributed by atoms with Crippen LogP contribution in [0.1, 0.15) is 5.56 Å². The molecule has 0 spiro atoms. The highest BCUT2D eigenvalue weighted by molar-refractivity contribution is 7.92. The van der Waals surface area contributed by atoms with E-state index >= 15 is 0 Å². The maximum atomic E-state index is 13.4. The number of carbonyl (C=O) groups is 1. The van der Waals surface area contributed by atoms with E-state index in [4.69, 9.17) is 27.9 Å². The Hall–Kier alpha value is -2.74. The molecule has 0 aliphatic rings. The minimum Gasteiger partial charge on any atom is -0.497 e. The Morgan fingerprint density at radius 2 is 1.61 bits per heavy atom. The van der Waals surface area contributed by atoms with Crippen molar-refractivity contribution in [3.05, 3.63) is 82.3 Å². The summed E-state index contributed by atoms with van der Waals surface area (Å²) in [4.78, 5) is 12.9. The molecule has 0 radical (unpaired) electrons. The van der Waals surface area contributed by atoms with Crippen LogP contribution in [-0.2, 0) is 14.8 Å². The number of hydrogen-bond acceptors (Lipinski definition) is 4. The van der Waals surface area contributed by atoms with Crippen LogP contribution in [0.5, 0.6) is 5.75 Å². The van der Waals surface area contributed by atoms with E-state index < -0.39 is 22.5 Å². The Balaban J connectivity index is 1.99. The number of halogens is 2. The lowest BCUT2D eigenvalue weighted by Gasteiger charge is -2.24. The van der Waals surface area contributed by atoms with E-state index in [1.165, 1.54) is 19.2 Å². The summed E-state index contributed by atoms with van der Waals surface area (Å²) in [5, 5.41) is 3.09. The lowest BCUT2D eigenvalue weighted by atomic mass is 10.2. The number of rotatable bonds is 7. The zero-order chi connectivity index (χ0) is 22.6. The van der Waals surface area contributed by atoms with Gasteiger partial charge in [0.1, 0.15) is 12.3 Å². The van der Waals surface area contributed by atoms with Gasteiger partial charge in [-0.25, -0.2) is 8.42 Å². The fourth-order valence-corrected chi connectivity index (χ4v) is 4.75. The number of nitrogens with one attached hydrogen (secondary N) is 1. The standard InChI is InChI=1S/C22H20Cl2N2O4S/c1-15-9-11-18(12-10-15)31(28,29)26(16-5-3-6-17(13-16)30-2)14-21(27)25-22-19(23)7-4-8-20(22)24/h3-13H,14H2,1-2H3,(H,25,27). The second kappa shape index (κ2) is 9.60. The highest BCUT2D eigenvalue weighted by Gasteiger charge is 2.28. The average Bonchev–Trinajstić information content (AvgIpc) is 2.75. The van der Waals surface area contributed by atoms with Crippen molar-refractivity contribution in [1.29, 1.82) is 0 Å². The summed E-state index contributed by atoms with van der Waals surface area (Å²) in [5.41, 5.74) is 1.41. The quantitative estimate of drug-likeness (QED) is 0.509. The van der Waals surface area contributed by atoms with Crippen LogP contribution in [0, 0.1) is 6.92 Å². The van der Waals surface area contributed by atoms with Crippen molar-refractivity contribution in [1.82, 2.24) is 0 Å². The fourth-order valence-electron chi connectivity index (χ4n) is 2.84. The largest absolute Gasteiger partial charge is 0.497 e. The van der Waals surface area contributed by atoms with Gasteiger partial charge in [0.2, 0.25) is 5.91 Å². The number of para-hydroxylation sites is 1. The average molecular weight is 479 g/mol. The van der Waals surface area contributed by atoms with Crippen molar-refractivity contribution in [3.63, 3.8) is 0 Å². The van der Waals surface area contributed by atoms with Crippen LogP contribution in [0.2, 0.25) is 10.0 Å². The predicted octanol–water partition coefficient (Wildman–Crippen LogP) is 5.14. The van der Waals surface area contributed by atoms with Gasteiger partial charge in [0, 0.05) is 6.07 Å². The van der Waals surface area contributed by atoms with Crippen LogP contribution in [0.15, 0.2) is 71.6 Å². The van der Waals surface area contributed by atoms with Crippen LogP contribution in [0.3, 0.4) is 0 Å². The first-order valence-corrected chi connectivity index (χ1v) is 11.4. The Morgan fingerprint density at radius 1 is 1.00 bits per heavy atom. The number of ether oxygens (including phenoxy) is 1. The van der Waals surface area contributed by atoms with Crippen molar-refractivity contribution in [3.8, 4) is 5.75 Å². The van der Waals surface area contributed by atoms with Gasteiger partial charge in [-0.15, -0.1) is 0 Å². The summed E-state index contributed by atoms with van der Waals surface area (Å²) in [7, 11) is -2.58. The van der Waals surface area contributed by atoms with Crippen molar-refractivity contribution in [2.24, 2.45) is 0 Å². The van der Waals surface area contributed by atoms with Gasteiger partial charge >= 0.3 is 0 Å². The fraction of sp³-hybridized carbons (Fsp3) is 0.136. The lowest BCUT2D eigenvalue weighted by Crippen LogP contribution is -2.38. The summed E-state index contributed by atoms with van der Waals surface area (Å²) in [6, 6.07) is 17.6. The molecule has 3 aromatic rings. The zero-order valence-electron chi connectivity index (χ0n) is 16.8. The number of amides is 1. The van der Waals surface area contributed by atoms with Crippen LogP contribution >= 0.6 is 23.2 Å². The molecular weight excluding hydrogens is 459 g/mol. The van der Waals surface area contributed by atoms with Gasteiger partial charge in [0.05, 0.1) is 33.4 Å². The number of sulfonamides is 1. The summed E-state index contributed by atoms with van der Waals surface area (Å²) < 4.78 is 33.1. The third kappa shape index (κ3) is 5.31. The third-order valence-electron chi connectivity index (χ3n) is 4.46. The number of benzene rings is 3. The Morgan fingerprint density at radius 3 is 2.23 bits per heavy atom. The van der Waals surface area contributed by atoms with Gasteiger partial charge < -0.3 is 10.1 Å². The molecule has 0 atom stereocenters. The van der Waals surface area contributed by atoms with Gasteiger partial charge in [0.25, 0.3) is 10.0 Å². The second-order valence-electron chi connectivity index (χ2n) is 6.67. The zero-order valence-corrected chi connectivity index (χ0v) is 19.1. The Bertz CT molecular complexity index is 1180. The molecule has 1 amide bonds. The van der Waals surface area contributed by atoms with Crippen molar-refractivity contribution < 1.29 is 17.9 Å². The smallest absolute Gasteiger partial charge is 0.264 e. The number of aryl methyl sites for hydroxylation is 1. The second-order valence-corrected chi connectivity index (χ2v) is 9.35. The van der Waals surface area contributed by atoms with Crippen LogP contribution in [-0.4, -0.2) is 28.0 Å². The number of anilines is 2. The van der Waals surface area contributed by atoms with E-state index in [0.717, 1.165) is 9.87 Å². The Kier molecular flexibility index (Phi) is 7.10. The normalized spacial score (nSPS) is 11.1. The molecule has 0 fully saturated rings. The van der Waals surface area contributed by atoms with Crippen LogP contribution in [0.4, 0.5) is 11.4 Å². The van der Waals surface area contributed by atoms with Crippen LogP contribution < -0.4 is 14.4 Å². The molecule has 3 aromatic carbocycles. The first-order valence-electron chi connectivity index (χ1n) is 9.19. The summed E-state index contributed by atoms with van der Waals surface area (Å²) in [6.07, 6.45) is 0. The molecule has 0 saturated heterocycles. The number of methoxy groups -OCH3 is 1. The predicted molar refractivity (Wildman–Crippen MR) is 124 cm³/mol. The van der Waals surface area contributed by atoms with Crippen LogP contribution in [0.25, 0.3) is 0 Å². The van der Waals surface area contributed by atoms with E-state index in [0.29, 0.717) is 5.75 Å².